The van der Waals surface area contributed by atoms with Gasteiger partial charge in [-0.3, -0.25) is 9.78 Å². The third kappa shape index (κ3) is 6.99. The van der Waals surface area contributed by atoms with Crippen LogP contribution in [0.3, 0.4) is 0 Å². The number of aromatic nitrogens is 1. The minimum absolute atomic E-state index is 0.0305. The molecule has 1 aromatic carbocycles. The van der Waals surface area contributed by atoms with Gasteiger partial charge in [0.25, 0.3) is 0 Å². The number of carboxylic acids is 1. The fourth-order valence-corrected chi connectivity index (χ4v) is 2.34. The average Bonchev–Trinajstić information content (AvgIpc) is 2.60. The van der Waals surface area contributed by atoms with Crippen LogP contribution in [0.1, 0.15) is 24.1 Å². The summed E-state index contributed by atoms with van der Waals surface area (Å²) in [7, 11) is 0. The predicted molar refractivity (Wildman–Crippen MR) is 90.4 cm³/mol. The van der Waals surface area contributed by atoms with Crippen molar-refractivity contribution in [1.29, 1.82) is 0 Å². The Bertz CT molecular complexity index is 692. The quantitative estimate of drug-likeness (QED) is 0.685. The van der Waals surface area contributed by atoms with E-state index in [-0.39, 0.29) is 19.0 Å². The van der Waals surface area contributed by atoms with E-state index in [2.05, 4.69) is 15.6 Å². The molecule has 2 amide bonds. The van der Waals surface area contributed by atoms with Crippen molar-refractivity contribution in [2.24, 2.45) is 0 Å². The van der Waals surface area contributed by atoms with Crippen molar-refractivity contribution < 1.29 is 19.1 Å². The van der Waals surface area contributed by atoms with Crippen LogP contribution in [0.4, 0.5) is 9.18 Å². The number of aliphatic carboxylic acids is 1. The monoisotopic (exact) mass is 345 g/mol. The van der Waals surface area contributed by atoms with Crippen molar-refractivity contribution in [1.82, 2.24) is 15.6 Å². The van der Waals surface area contributed by atoms with Gasteiger partial charge in [-0.15, -0.1) is 0 Å². The van der Waals surface area contributed by atoms with Crippen LogP contribution in [0.2, 0.25) is 0 Å². The number of carbonyl (C=O) groups excluding carboxylic acids is 1. The van der Waals surface area contributed by atoms with Gasteiger partial charge >= 0.3 is 12.0 Å². The van der Waals surface area contributed by atoms with Crippen LogP contribution in [0.15, 0.2) is 48.7 Å². The molecule has 6 nitrogen and oxygen atoms in total. The van der Waals surface area contributed by atoms with Crippen LogP contribution in [0.5, 0.6) is 0 Å². The molecule has 7 heteroatoms. The summed E-state index contributed by atoms with van der Waals surface area (Å²) in [4.78, 5) is 26.7. The molecule has 1 atom stereocenters. The molecule has 0 aliphatic rings. The SMILES string of the molecule is O=C(O)CCC(Cc1ccccc1)NC(=O)NCc1ccc(F)cn1. The van der Waals surface area contributed by atoms with E-state index in [1.807, 2.05) is 30.3 Å². The first kappa shape index (κ1) is 18.4. The largest absolute Gasteiger partial charge is 0.481 e. The lowest BCUT2D eigenvalue weighted by atomic mass is 10.0. The predicted octanol–water partition coefficient (Wildman–Crippen LogP) is 2.50. The van der Waals surface area contributed by atoms with E-state index in [9.17, 15) is 14.0 Å². The number of nitrogens with zero attached hydrogens (tertiary/aromatic N) is 1. The first-order chi connectivity index (χ1) is 12.0. The molecule has 1 aromatic heterocycles. The number of carbonyl (C=O) groups is 2. The van der Waals surface area contributed by atoms with Crippen LogP contribution in [-0.4, -0.2) is 28.1 Å². The Kier molecular flexibility index (Phi) is 6.88. The van der Waals surface area contributed by atoms with Gasteiger partial charge in [0, 0.05) is 12.5 Å². The molecule has 132 valence electrons. The smallest absolute Gasteiger partial charge is 0.315 e. The first-order valence-corrected chi connectivity index (χ1v) is 7.93. The summed E-state index contributed by atoms with van der Waals surface area (Å²) in [5.41, 5.74) is 1.54. The van der Waals surface area contributed by atoms with E-state index in [4.69, 9.17) is 5.11 Å². The Labute approximate surface area is 145 Å². The summed E-state index contributed by atoms with van der Waals surface area (Å²) in [6, 6.07) is 11.6. The fourth-order valence-electron chi connectivity index (χ4n) is 2.34. The first-order valence-electron chi connectivity index (χ1n) is 7.93. The van der Waals surface area contributed by atoms with Crippen LogP contribution in [-0.2, 0) is 17.8 Å². The van der Waals surface area contributed by atoms with Gasteiger partial charge in [0.05, 0.1) is 18.4 Å². The molecule has 0 saturated carbocycles. The number of benzene rings is 1. The summed E-state index contributed by atoms with van der Waals surface area (Å²) in [5.74, 6) is -1.35. The van der Waals surface area contributed by atoms with Crippen molar-refractivity contribution in [3.05, 3.63) is 65.7 Å². The number of urea groups is 1. The Balaban J connectivity index is 1.88. The molecule has 0 fully saturated rings. The second-order valence-electron chi connectivity index (χ2n) is 5.61. The Morgan fingerprint density at radius 1 is 1.16 bits per heavy atom. The molecule has 0 spiro atoms. The number of halogens is 1. The van der Waals surface area contributed by atoms with Crippen molar-refractivity contribution in [2.45, 2.75) is 31.8 Å². The minimum atomic E-state index is -0.907. The Morgan fingerprint density at radius 2 is 1.92 bits per heavy atom. The minimum Gasteiger partial charge on any atom is -0.481 e. The van der Waals surface area contributed by atoms with Crippen molar-refractivity contribution in [2.75, 3.05) is 0 Å². The number of pyridine rings is 1. The van der Waals surface area contributed by atoms with Crippen LogP contribution < -0.4 is 10.6 Å². The van der Waals surface area contributed by atoms with E-state index >= 15 is 0 Å². The van der Waals surface area contributed by atoms with Crippen LogP contribution >= 0.6 is 0 Å². The fraction of sp³-hybridized carbons (Fsp3) is 0.278. The highest BCUT2D eigenvalue weighted by atomic mass is 19.1. The topological polar surface area (TPSA) is 91.3 Å². The molecule has 3 N–H and O–H groups in total. The second kappa shape index (κ2) is 9.36. The second-order valence-corrected chi connectivity index (χ2v) is 5.61. The van der Waals surface area contributed by atoms with E-state index in [0.29, 0.717) is 18.5 Å². The van der Waals surface area contributed by atoms with Crippen LogP contribution in [0, 0.1) is 5.82 Å². The average molecular weight is 345 g/mol. The Morgan fingerprint density at radius 3 is 2.56 bits per heavy atom. The summed E-state index contributed by atoms with van der Waals surface area (Å²) < 4.78 is 12.8. The van der Waals surface area contributed by atoms with E-state index < -0.39 is 17.8 Å². The molecule has 0 aliphatic heterocycles. The maximum Gasteiger partial charge on any atom is 0.315 e. The number of amides is 2. The highest BCUT2D eigenvalue weighted by Gasteiger charge is 2.14. The van der Waals surface area contributed by atoms with Gasteiger partial charge in [0.15, 0.2) is 0 Å². The molecule has 1 unspecified atom stereocenters. The third-order valence-corrected chi connectivity index (χ3v) is 3.59. The maximum absolute atomic E-state index is 12.8. The van der Waals surface area contributed by atoms with Gasteiger partial charge < -0.3 is 15.7 Å². The number of nitrogens with one attached hydrogen (secondary N) is 2. The normalized spacial score (nSPS) is 11.6. The van der Waals surface area contributed by atoms with Gasteiger partial charge in [-0.25, -0.2) is 9.18 Å². The highest BCUT2D eigenvalue weighted by molar-refractivity contribution is 5.74. The number of hydrogen-bond acceptors (Lipinski definition) is 3. The van der Waals surface area contributed by atoms with Gasteiger partial charge in [-0.2, -0.15) is 0 Å². The van der Waals surface area contributed by atoms with Crippen molar-refractivity contribution >= 4 is 12.0 Å². The molecule has 25 heavy (non-hydrogen) atoms. The van der Waals surface area contributed by atoms with Crippen LogP contribution in [0.25, 0.3) is 0 Å². The van der Waals surface area contributed by atoms with Gasteiger partial charge in [0.1, 0.15) is 5.82 Å². The molecule has 0 saturated heterocycles. The van der Waals surface area contributed by atoms with E-state index in [1.54, 1.807) is 0 Å². The van der Waals surface area contributed by atoms with Gasteiger partial charge in [-0.05, 0) is 30.5 Å². The molecular weight excluding hydrogens is 325 g/mol. The number of carboxylic acid groups (broad SMARTS) is 1. The molecular formula is C18H20FN3O3. The zero-order chi connectivity index (χ0) is 18.1. The molecule has 2 aromatic rings. The molecule has 0 bridgehead atoms. The molecule has 0 radical (unpaired) electrons. The summed E-state index contributed by atoms with van der Waals surface area (Å²) in [6.07, 6.45) is 1.92. The zero-order valence-electron chi connectivity index (χ0n) is 13.6. The zero-order valence-corrected chi connectivity index (χ0v) is 13.6. The van der Waals surface area contributed by atoms with Crippen molar-refractivity contribution in [3.63, 3.8) is 0 Å². The maximum atomic E-state index is 12.8. The molecule has 1 heterocycles. The van der Waals surface area contributed by atoms with E-state index in [0.717, 1.165) is 11.8 Å². The lowest BCUT2D eigenvalue weighted by molar-refractivity contribution is -0.137. The third-order valence-electron chi connectivity index (χ3n) is 3.59. The number of hydrogen-bond donors (Lipinski definition) is 3. The summed E-state index contributed by atoms with van der Waals surface area (Å²) in [6.45, 7) is 0.156. The Hall–Kier alpha value is -2.96. The summed E-state index contributed by atoms with van der Waals surface area (Å²) >= 11 is 0. The lowest BCUT2D eigenvalue weighted by Crippen LogP contribution is -2.43. The van der Waals surface area contributed by atoms with Gasteiger partial charge in [0.2, 0.25) is 0 Å². The standard InChI is InChI=1S/C18H20FN3O3/c19-14-6-7-16(20-11-14)12-21-18(25)22-15(8-9-17(23)24)10-13-4-2-1-3-5-13/h1-7,11,15H,8-10,12H2,(H,23,24)(H2,21,22,25). The molecule has 0 aliphatic carbocycles. The highest BCUT2D eigenvalue weighted by Crippen LogP contribution is 2.08. The summed E-state index contributed by atoms with van der Waals surface area (Å²) in [5, 5.41) is 14.3. The van der Waals surface area contributed by atoms with E-state index in [1.165, 1.54) is 12.1 Å². The van der Waals surface area contributed by atoms with Crippen molar-refractivity contribution in [3.8, 4) is 0 Å². The number of rotatable bonds is 8. The lowest BCUT2D eigenvalue weighted by Gasteiger charge is -2.18. The molecule has 2 rings (SSSR count). The van der Waals surface area contributed by atoms with Gasteiger partial charge in [-0.1, -0.05) is 30.3 Å².